The molecule has 0 saturated carbocycles. The molecule has 0 aromatic carbocycles. The van der Waals surface area contributed by atoms with Crippen molar-refractivity contribution in [2.75, 3.05) is 21.3 Å². The van der Waals surface area contributed by atoms with Crippen LogP contribution in [0.4, 0.5) is 0 Å². The fraction of sp³-hybridized carbons (Fsp3) is 1.00. The van der Waals surface area contributed by atoms with Crippen molar-refractivity contribution in [2.45, 2.75) is 39.6 Å². The summed E-state index contributed by atoms with van der Waals surface area (Å²) >= 11 is 0. The van der Waals surface area contributed by atoms with Crippen LogP contribution in [0.2, 0.25) is 0 Å². The molecular formula is C11H24O3. The van der Waals surface area contributed by atoms with Crippen LogP contribution in [0.5, 0.6) is 0 Å². The second-order valence-electron chi connectivity index (χ2n) is 3.95. The molecule has 0 radical (unpaired) electrons. The maximum Gasteiger partial charge on any atom is 0.285 e. The number of hydrogen-bond acceptors (Lipinski definition) is 3. The summed E-state index contributed by atoms with van der Waals surface area (Å²) in [6.07, 6.45) is 2.01. The van der Waals surface area contributed by atoms with Gasteiger partial charge in [-0.05, 0) is 18.8 Å². The summed E-state index contributed by atoms with van der Waals surface area (Å²) in [5.74, 6) is 0.00113. The van der Waals surface area contributed by atoms with Gasteiger partial charge in [-0.2, -0.15) is 0 Å². The van der Waals surface area contributed by atoms with Crippen LogP contribution in [0.1, 0.15) is 33.6 Å². The topological polar surface area (TPSA) is 27.7 Å². The minimum Gasteiger partial charge on any atom is -0.331 e. The van der Waals surface area contributed by atoms with Crippen LogP contribution < -0.4 is 0 Å². The zero-order valence-electron chi connectivity index (χ0n) is 10.3. The molecule has 0 fully saturated rings. The predicted octanol–water partition coefficient (Wildman–Crippen LogP) is 2.65. The highest BCUT2D eigenvalue weighted by Crippen LogP contribution is 2.31. The summed E-state index contributed by atoms with van der Waals surface area (Å²) in [6, 6.07) is 0. The van der Waals surface area contributed by atoms with Crippen LogP contribution in [-0.2, 0) is 14.2 Å². The molecule has 0 saturated heterocycles. The average Bonchev–Trinajstić information content (AvgIpc) is 2.19. The van der Waals surface area contributed by atoms with Crippen LogP contribution in [0.15, 0.2) is 0 Å². The quantitative estimate of drug-likeness (QED) is 0.597. The molecule has 3 heteroatoms. The Kier molecular flexibility index (Phi) is 6.33. The minimum absolute atomic E-state index is 0.266. The monoisotopic (exact) mass is 204 g/mol. The molecule has 0 aliphatic carbocycles. The second-order valence-corrected chi connectivity index (χ2v) is 3.95. The lowest BCUT2D eigenvalue weighted by molar-refractivity contribution is -0.380. The molecule has 0 N–H and O–H groups in total. The van der Waals surface area contributed by atoms with Gasteiger partial charge in [0.2, 0.25) is 0 Å². The zero-order chi connectivity index (χ0) is 11.2. The largest absolute Gasteiger partial charge is 0.331 e. The molecule has 86 valence electrons. The Morgan fingerprint density at radius 2 is 1.43 bits per heavy atom. The Balaban J connectivity index is 4.56. The molecule has 0 aliphatic rings. The average molecular weight is 204 g/mol. The third-order valence-electron chi connectivity index (χ3n) is 2.60. The van der Waals surface area contributed by atoms with Gasteiger partial charge in [0.25, 0.3) is 5.97 Å². The zero-order valence-corrected chi connectivity index (χ0v) is 10.3. The maximum absolute atomic E-state index is 5.35. The molecule has 1 atom stereocenters. The van der Waals surface area contributed by atoms with Gasteiger partial charge in [0.15, 0.2) is 0 Å². The summed E-state index contributed by atoms with van der Waals surface area (Å²) < 4.78 is 16.0. The SMILES string of the molecule is CCC(CC(C)C)C(OC)(OC)OC. The second kappa shape index (κ2) is 6.38. The molecule has 0 aromatic heterocycles. The highest BCUT2D eigenvalue weighted by atomic mass is 16.9. The normalized spacial score (nSPS) is 14.8. The van der Waals surface area contributed by atoms with Crippen molar-refractivity contribution >= 4 is 0 Å². The summed E-state index contributed by atoms with van der Waals surface area (Å²) in [7, 11) is 4.86. The van der Waals surface area contributed by atoms with E-state index in [9.17, 15) is 0 Å². The van der Waals surface area contributed by atoms with Gasteiger partial charge >= 0.3 is 0 Å². The van der Waals surface area contributed by atoms with Gasteiger partial charge in [-0.1, -0.05) is 20.8 Å². The number of rotatable bonds is 7. The molecular weight excluding hydrogens is 180 g/mol. The highest BCUT2D eigenvalue weighted by Gasteiger charge is 2.38. The van der Waals surface area contributed by atoms with E-state index in [1.54, 1.807) is 21.3 Å². The van der Waals surface area contributed by atoms with Gasteiger partial charge in [0.1, 0.15) is 0 Å². The van der Waals surface area contributed by atoms with Crippen LogP contribution in [0.3, 0.4) is 0 Å². The molecule has 0 aliphatic heterocycles. The molecule has 0 spiro atoms. The maximum atomic E-state index is 5.35. The van der Waals surface area contributed by atoms with E-state index in [-0.39, 0.29) is 5.92 Å². The first-order valence-corrected chi connectivity index (χ1v) is 5.21. The molecule has 3 nitrogen and oxygen atoms in total. The molecule has 0 bridgehead atoms. The van der Waals surface area contributed by atoms with Crippen LogP contribution >= 0.6 is 0 Å². The van der Waals surface area contributed by atoms with Crippen LogP contribution in [-0.4, -0.2) is 27.3 Å². The van der Waals surface area contributed by atoms with Crippen molar-refractivity contribution in [3.8, 4) is 0 Å². The van der Waals surface area contributed by atoms with E-state index in [1.807, 2.05) is 0 Å². The van der Waals surface area contributed by atoms with Crippen molar-refractivity contribution in [1.29, 1.82) is 0 Å². The number of methoxy groups -OCH3 is 3. The summed E-state index contributed by atoms with van der Waals surface area (Å²) in [5.41, 5.74) is 0. The number of ether oxygens (including phenoxy) is 3. The molecule has 14 heavy (non-hydrogen) atoms. The molecule has 1 unspecified atom stereocenters. The van der Waals surface area contributed by atoms with Gasteiger partial charge in [-0.15, -0.1) is 0 Å². The minimum atomic E-state index is -0.876. The number of hydrogen-bond donors (Lipinski definition) is 0. The van der Waals surface area contributed by atoms with Gasteiger partial charge in [0.05, 0.1) is 0 Å². The lowest BCUT2D eigenvalue weighted by atomic mass is 9.92. The van der Waals surface area contributed by atoms with E-state index in [0.29, 0.717) is 5.92 Å². The van der Waals surface area contributed by atoms with Gasteiger partial charge in [0, 0.05) is 27.2 Å². The fourth-order valence-electron chi connectivity index (χ4n) is 1.88. The first-order chi connectivity index (χ1) is 6.56. The van der Waals surface area contributed by atoms with Crippen molar-refractivity contribution in [1.82, 2.24) is 0 Å². The van der Waals surface area contributed by atoms with E-state index in [2.05, 4.69) is 20.8 Å². The first-order valence-electron chi connectivity index (χ1n) is 5.21. The Labute approximate surface area is 87.7 Å². The molecule has 0 rings (SSSR count). The van der Waals surface area contributed by atoms with E-state index in [0.717, 1.165) is 12.8 Å². The summed E-state index contributed by atoms with van der Waals surface area (Å²) in [5, 5.41) is 0. The van der Waals surface area contributed by atoms with Gasteiger partial charge < -0.3 is 14.2 Å². The molecule has 0 amide bonds. The van der Waals surface area contributed by atoms with Gasteiger partial charge in [-0.25, -0.2) is 0 Å². The fourth-order valence-corrected chi connectivity index (χ4v) is 1.88. The lowest BCUT2D eigenvalue weighted by Gasteiger charge is -2.36. The summed E-state index contributed by atoms with van der Waals surface area (Å²) in [4.78, 5) is 0. The Morgan fingerprint density at radius 1 is 1.00 bits per heavy atom. The lowest BCUT2D eigenvalue weighted by Crippen LogP contribution is -2.44. The van der Waals surface area contributed by atoms with E-state index in [4.69, 9.17) is 14.2 Å². The Hall–Kier alpha value is -0.120. The van der Waals surface area contributed by atoms with Crippen LogP contribution in [0.25, 0.3) is 0 Å². The molecule has 0 heterocycles. The third kappa shape index (κ3) is 3.23. The van der Waals surface area contributed by atoms with Crippen molar-refractivity contribution < 1.29 is 14.2 Å². The van der Waals surface area contributed by atoms with E-state index in [1.165, 1.54) is 0 Å². The smallest absolute Gasteiger partial charge is 0.285 e. The predicted molar refractivity (Wildman–Crippen MR) is 57.0 cm³/mol. The van der Waals surface area contributed by atoms with E-state index < -0.39 is 5.97 Å². The van der Waals surface area contributed by atoms with Gasteiger partial charge in [-0.3, -0.25) is 0 Å². The van der Waals surface area contributed by atoms with Crippen molar-refractivity contribution in [3.05, 3.63) is 0 Å². The van der Waals surface area contributed by atoms with Crippen molar-refractivity contribution in [2.24, 2.45) is 11.8 Å². The highest BCUT2D eigenvalue weighted by molar-refractivity contribution is 4.70. The Morgan fingerprint density at radius 3 is 1.64 bits per heavy atom. The molecule has 0 aromatic rings. The van der Waals surface area contributed by atoms with E-state index >= 15 is 0 Å². The Bertz CT molecular complexity index is 133. The standard InChI is InChI=1S/C11H24O3/c1-7-10(8-9(2)3)11(12-4,13-5)14-6/h9-10H,7-8H2,1-6H3. The summed E-state index contributed by atoms with van der Waals surface area (Å²) in [6.45, 7) is 6.50. The first kappa shape index (κ1) is 13.9. The third-order valence-corrected chi connectivity index (χ3v) is 2.60. The van der Waals surface area contributed by atoms with Crippen LogP contribution in [0, 0.1) is 11.8 Å². The van der Waals surface area contributed by atoms with Crippen molar-refractivity contribution in [3.63, 3.8) is 0 Å².